The molecule has 5 nitrogen and oxygen atoms in total. The van der Waals surface area contributed by atoms with Gasteiger partial charge < -0.3 is 19.7 Å². The molecule has 0 spiro atoms. The molecule has 1 N–H and O–H groups in total. The van der Waals surface area contributed by atoms with Crippen molar-refractivity contribution in [2.45, 2.75) is 25.5 Å². The fraction of sp³-hybridized carbons (Fsp3) is 0.562. The number of amides is 1. The van der Waals surface area contributed by atoms with Crippen LogP contribution in [0.15, 0.2) is 24.3 Å². The molecule has 1 amide bonds. The van der Waals surface area contributed by atoms with Crippen LogP contribution in [0.4, 0.5) is 0 Å². The lowest BCUT2D eigenvalue weighted by Gasteiger charge is -2.19. The van der Waals surface area contributed by atoms with E-state index in [1.165, 1.54) is 0 Å². The van der Waals surface area contributed by atoms with E-state index in [0.717, 1.165) is 19.5 Å². The molecule has 21 heavy (non-hydrogen) atoms. The summed E-state index contributed by atoms with van der Waals surface area (Å²) in [6.07, 6.45) is 0.942. The predicted molar refractivity (Wildman–Crippen MR) is 81.8 cm³/mol. The van der Waals surface area contributed by atoms with Crippen molar-refractivity contribution < 1.29 is 14.3 Å². The minimum absolute atomic E-state index is 0.00623. The van der Waals surface area contributed by atoms with Gasteiger partial charge in [-0.05, 0) is 25.6 Å². The largest absolute Gasteiger partial charge is 0.493 e. The van der Waals surface area contributed by atoms with E-state index in [1.807, 2.05) is 32.2 Å². The molecule has 5 heteroatoms. The van der Waals surface area contributed by atoms with Crippen LogP contribution in [0, 0.1) is 0 Å². The van der Waals surface area contributed by atoms with Crippen molar-refractivity contribution in [2.24, 2.45) is 0 Å². The number of methoxy groups -OCH3 is 1. The van der Waals surface area contributed by atoms with Gasteiger partial charge >= 0.3 is 0 Å². The van der Waals surface area contributed by atoms with Crippen LogP contribution in [0.1, 0.15) is 23.7 Å². The van der Waals surface area contributed by atoms with Crippen molar-refractivity contribution in [2.75, 3.05) is 33.9 Å². The molecule has 0 saturated carbocycles. The van der Waals surface area contributed by atoms with Crippen molar-refractivity contribution in [3.8, 4) is 5.75 Å². The van der Waals surface area contributed by atoms with Gasteiger partial charge in [0.2, 0.25) is 0 Å². The van der Waals surface area contributed by atoms with Crippen molar-refractivity contribution in [3.05, 3.63) is 29.8 Å². The summed E-state index contributed by atoms with van der Waals surface area (Å²) in [6.45, 7) is 4.27. The first kappa shape index (κ1) is 15.8. The summed E-state index contributed by atoms with van der Waals surface area (Å²) in [5, 5.41) is 3.06. The predicted octanol–water partition coefficient (Wildman–Crippen LogP) is 1.53. The van der Waals surface area contributed by atoms with E-state index in [1.54, 1.807) is 13.2 Å². The van der Waals surface area contributed by atoms with Gasteiger partial charge in [0.25, 0.3) is 5.91 Å². The zero-order chi connectivity index (χ0) is 15.2. The van der Waals surface area contributed by atoms with E-state index in [2.05, 4.69) is 10.2 Å². The molecule has 0 aliphatic carbocycles. The van der Waals surface area contributed by atoms with Crippen LogP contribution in [0.2, 0.25) is 0 Å². The summed E-state index contributed by atoms with van der Waals surface area (Å²) < 4.78 is 11.1. The van der Waals surface area contributed by atoms with Crippen LogP contribution in [0.25, 0.3) is 0 Å². The summed E-state index contributed by atoms with van der Waals surface area (Å²) >= 11 is 0. The second kappa shape index (κ2) is 7.43. The Morgan fingerprint density at radius 1 is 1.38 bits per heavy atom. The van der Waals surface area contributed by atoms with E-state index in [-0.39, 0.29) is 18.1 Å². The molecule has 0 bridgehead atoms. The zero-order valence-electron chi connectivity index (χ0n) is 13.0. The first-order chi connectivity index (χ1) is 10.2. The van der Waals surface area contributed by atoms with Crippen molar-refractivity contribution >= 4 is 5.91 Å². The number of para-hydroxylation sites is 1. The first-order valence-electron chi connectivity index (χ1n) is 7.39. The smallest absolute Gasteiger partial charge is 0.255 e. The average molecular weight is 292 g/mol. The molecule has 1 aromatic carbocycles. The highest BCUT2D eigenvalue weighted by Crippen LogP contribution is 2.19. The highest BCUT2D eigenvalue weighted by atomic mass is 16.5. The van der Waals surface area contributed by atoms with Crippen molar-refractivity contribution in [1.29, 1.82) is 0 Å². The fourth-order valence-corrected chi connectivity index (χ4v) is 2.58. The summed E-state index contributed by atoms with van der Waals surface area (Å²) in [7, 11) is 3.71. The number of carbonyl (C=O) groups excluding carboxylic acids is 1. The molecule has 1 fully saturated rings. The summed E-state index contributed by atoms with van der Waals surface area (Å²) in [5.41, 5.74) is 0.579. The van der Waals surface area contributed by atoms with Gasteiger partial charge in [-0.3, -0.25) is 4.79 Å². The Balaban J connectivity index is 2.06. The third kappa shape index (κ3) is 3.95. The number of hydrogen-bond donors (Lipinski definition) is 1. The van der Waals surface area contributed by atoms with Gasteiger partial charge in [0, 0.05) is 20.2 Å². The van der Waals surface area contributed by atoms with E-state index in [9.17, 15) is 4.79 Å². The Hall–Kier alpha value is -1.59. The maximum Gasteiger partial charge on any atom is 0.255 e. The molecule has 2 rings (SSSR count). The quantitative estimate of drug-likeness (QED) is 0.864. The SMILES string of the molecule is CCCOc1ccccc1C(=O)N[C@@H]1CN(C)C[C@H]1OC. The lowest BCUT2D eigenvalue weighted by atomic mass is 10.1. The number of ether oxygens (including phenoxy) is 2. The number of carbonyl (C=O) groups is 1. The van der Waals surface area contributed by atoms with E-state index >= 15 is 0 Å². The maximum atomic E-state index is 12.5. The van der Waals surface area contributed by atoms with Gasteiger partial charge in [-0.15, -0.1) is 0 Å². The summed E-state index contributed by atoms with van der Waals surface area (Å²) in [4.78, 5) is 14.6. The first-order valence-corrected chi connectivity index (χ1v) is 7.39. The van der Waals surface area contributed by atoms with Crippen LogP contribution < -0.4 is 10.1 Å². The molecule has 0 aromatic heterocycles. The van der Waals surface area contributed by atoms with E-state index < -0.39 is 0 Å². The minimum Gasteiger partial charge on any atom is -0.493 e. The Kier molecular flexibility index (Phi) is 5.59. The highest BCUT2D eigenvalue weighted by molar-refractivity contribution is 5.97. The second-order valence-corrected chi connectivity index (χ2v) is 5.42. The molecule has 116 valence electrons. The van der Waals surface area contributed by atoms with Gasteiger partial charge in [0.15, 0.2) is 0 Å². The number of rotatable bonds is 6. The van der Waals surface area contributed by atoms with Crippen molar-refractivity contribution in [3.63, 3.8) is 0 Å². The topological polar surface area (TPSA) is 50.8 Å². The molecular weight excluding hydrogens is 268 g/mol. The van der Waals surface area contributed by atoms with Gasteiger partial charge in [-0.1, -0.05) is 19.1 Å². The second-order valence-electron chi connectivity index (χ2n) is 5.42. The Labute approximate surface area is 126 Å². The summed E-state index contributed by atoms with van der Waals surface area (Å²) in [5.74, 6) is 0.529. The average Bonchev–Trinajstić information content (AvgIpc) is 2.85. The molecule has 0 unspecified atom stereocenters. The Morgan fingerprint density at radius 2 is 2.14 bits per heavy atom. The van der Waals surface area contributed by atoms with Crippen LogP contribution in [-0.4, -0.2) is 56.8 Å². The molecule has 1 aliphatic rings. The van der Waals surface area contributed by atoms with Crippen molar-refractivity contribution in [1.82, 2.24) is 10.2 Å². The van der Waals surface area contributed by atoms with E-state index in [0.29, 0.717) is 17.9 Å². The molecule has 1 saturated heterocycles. The molecular formula is C16H24N2O3. The number of likely N-dealkylation sites (tertiary alicyclic amines) is 1. The van der Waals surface area contributed by atoms with Crippen LogP contribution >= 0.6 is 0 Å². The third-order valence-corrected chi connectivity index (χ3v) is 3.66. The van der Waals surface area contributed by atoms with Crippen LogP contribution in [0.5, 0.6) is 5.75 Å². The fourth-order valence-electron chi connectivity index (χ4n) is 2.58. The Bertz CT molecular complexity index is 478. The number of benzene rings is 1. The zero-order valence-corrected chi connectivity index (χ0v) is 13.0. The van der Waals surface area contributed by atoms with Crippen LogP contribution in [-0.2, 0) is 4.74 Å². The molecule has 1 heterocycles. The molecule has 2 atom stereocenters. The third-order valence-electron chi connectivity index (χ3n) is 3.66. The van der Waals surface area contributed by atoms with Gasteiger partial charge in [-0.25, -0.2) is 0 Å². The lowest BCUT2D eigenvalue weighted by molar-refractivity contribution is 0.0763. The molecule has 0 radical (unpaired) electrons. The lowest BCUT2D eigenvalue weighted by Crippen LogP contribution is -2.43. The number of likely N-dealkylation sites (N-methyl/N-ethyl adjacent to an activating group) is 1. The monoisotopic (exact) mass is 292 g/mol. The standard InChI is InChI=1S/C16H24N2O3/c1-4-9-21-14-8-6-5-7-12(14)16(19)17-13-10-18(2)11-15(13)20-3/h5-8,13,15H,4,9-11H2,1-3H3,(H,17,19)/t13-,15-/m1/s1. The number of nitrogens with one attached hydrogen (secondary N) is 1. The van der Waals surface area contributed by atoms with Gasteiger partial charge in [-0.2, -0.15) is 0 Å². The molecule has 1 aromatic rings. The maximum absolute atomic E-state index is 12.5. The van der Waals surface area contributed by atoms with E-state index in [4.69, 9.17) is 9.47 Å². The Morgan fingerprint density at radius 3 is 2.86 bits per heavy atom. The summed E-state index contributed by atoms with van der Waals surface area (Å²) in [6, 6.07) is 7.36. The van der Waals surface area contributed by atoms with Crippen LogP contribution in [0.3, 0.4) is 0 Å². The normalized spacial score (nSPS) is 22.2. The van der Waals surface area contributed by atoms with Gasteiger partial charge in [0.1, 0.15) is 5.75 Å². The minimum atomic E-state index is -0.107. The molecule has 1 aliphatic heterocycles. The highest BCUT2D eigenvalue weighted by Gasteiger charge is 2.32. The number of hydrogen-bond acceptors (Lipinski definition) is 4. The number of nitrogens with zero attached hydrogens (tertiary/aromatic N) is 1. The van der Waals surface area contributed by atoms with Gasteiger partial charge in [0.05, 0.1) is 24.3 Å².